The van der Waals surface area contributed by atoms with Gasteiger partial charge in [0.15, 0.2) is 11.5 Å². The van der Waals surface area contributed by atoms with E-state index in [-0.39, 0.29) is 11.9 Å². The summed E-state index contributed by atoms with van der Waals surface area (Å²) in [6.45, 7) is 3.12. The molecule has 0 saturated carbocycles. The van der Waals surface area contributed by atoms with Crippen molar-refractivity contribution >= 4 is 5.91 Å². The van der Waals surface area contributed by atoms with Crippen LogP contribution in [0.3, 0.4) is 0 Å². The summed E-state index contributed by atoms with van der Waals surface area (Å²) in [4.78, 5) is 12.2. The molecule has 5 nitrogen and oxygen atoms in total. The highest BCUT2D eigenvalue weighted by molar-refractivity contribution is 5.76. The fourth-order valence-electron chi connectivity index (χ4n) is 2.79. The molecule has 5 heteroatoms. The van der Waals surface area contributed by atoms with Crippen LogP contribution in [0.25, 0.3) is 0 Å². The van der Waals surface area contributed by atoms with Crippen LogP contribution in [0.1, 0.15) is 30.5 Å². The van der Waals surface area contributed by atoms with E-state index in [0.717, 1.165) is 28.4 Å². The SMILES string of the molecule is COc1ccc(C(C)NC(=O)CCc2ccc3c(c2)OCCO3)cc1. The van der Waals surface area contributed by atoms with Crippen LogP contribution in [0.2, 0.25) is 0 Å². The van der Waals surface area contributed by atoms with Gasteiger partial charge in [-0.05, 0) is 48.7 Å². The lowest BCUT2D eigenvalue weighted by Crippen LogP contribution is -2.26. The second kappa shape index (κ2) is 7.92. The average molecular weight is 341 g/mol. The van der Waals surface area contributed by atoms with Gasteiger partial charge in [-0.1, -0.05) is 18.2 Å². The van der Waals surface area contributed by atoms with Crippen LogP contribution >= 0.6 is 0 Å². The second-order valence-electron chi connectivity index (χ2n) is 6.04. The minimum Gasteiger partial charge on any atom is -0.497 e. The molecule has 2 aromatic carbocycles. The van der Waals surface area contributed by atoms with Gasteiger partial charge in [-0.15, -0.1) is 0 Å². The summed E-state index contributed by atoms with van der Waals surface area (Å²) in [6.07, 6.45) is 1.10. The lowest BCUT2D eigenvalue weighted by atomic mass is 10.1. The summed E-state index contributed by atoms with van der Waals surface area (Å²) < 4.78 is 16.2. The third kappa shape index (κ3) is 4.44. The quantitative estimate of drug-likeness (QED) is 0.876. The van der Waals surface area contributed by atoms with E-state index < -0.39 is 0 Å². The first-order chi connectivity index (χ1) is 12.2. The van der Waals surface area contributed by atoms with E-state index >= 15 is 0 Å². The zero-order valence-corrected chi connectivity index (χ0v) is 14.6. The molecule has 0 bridgehead atoms. The third-order valence-corrected chi connectivity index (χ3v) is 4.24. The summed E-state index contributed by atoms with van der Waals surface area (Å²) in [5.74, 6) is 2.36. The molecular formula is C20H23NO4. The summed E-state index contributed by atoms with van der Waals surface area (Å²) >= 11 is 0. The molecule has 25 heavy (non-hydrogen) atoms. The van der Waals surface area contributed by atoms with Crippen molar-refractivity contribution in [2.24, 2.45) is 0 Å². The lowest BCUT2D eigenvalue weighted by Gasteiger charge is -2.19. The van der Waals surface area contributed by atoms with Crippen molar-refractivity contribution in [3.8, 4) is 17.2 Å². The Morgan fingerprint density at radius 3 is 2.56 bits per heavy atom. The maximum Gasteiger partial charge on any atom is 0.220 e. The van der Waals surface area contributed by atoms with E-state index in [9.17, 15) is 4.79 Å². The molecule has 0 radical (unpaired) electrons. The van der Waals surface area contributed by atoms with Crippen LogP contribution in [-0.4, -0.2) is 26.2 Å². The molecular weight excluding hydrogens is 318 g/mol. The number of hydrogen-bond donors (Lipinski definition) is 1. The molecule has 2 aromatic rings. The van der Waals surface area contributed by atoms with Gasteiger partial charge >= 0.3 is 0 Å². The van der Waals surface area contributed by atoms with Crippen LogP contribution in [0.4, 0.5) is 0 Å². The van der Waals surface area contributed by atoms with Gasteiger partial charge in [-0.2, -0.15) is 0 Å². The van der Waals surface area contributed by atoms with Crippen molar-refractivity contribution in [1.82, 2.24) is 5.32 Å². The number of fused-ring (bicyclic) bond motifs is 1. The maximum absolute atomic E-state index is 12.2. The topological polar surface area (TPSA) is 56.8 Å². The number of benzene rings is 2. The number of aryl methyl sites for hydroxylation is 1. The van der Waals surface area contributed by atoms with Gasteiger partial charge in [0.25, 0.3) is 0 Å². The molecule has 132 valence electrons. The minimum atomic E-state index is -0.0429. The Balaban J connectivity index is 1.52. The number of methoxy groups -OCH3 is 1. The normalized spacial score (nSPS) is 13.8. The maximum atomic E-state index is 12.2. The molecule has 1 atom stereocenters. The Bertz CT molecular complexity index is 727. The number of carbonyl (C=O) groups excluding carboxylic acids is 1. The molecule has 0 aromatic heterocycles. The van der Waals surface area contributed by atoms with Gasteiger partial charge < -0.3 is 19.5 Å². The monoisotopic (exact) mass is 341 g/mol. The molecule has 1 unspecified atom stereocenters. The summed E-state index contributed by atoms with van der Waals surface area (Å²) in [7, 11) is 1.64. The van der Waals surface area contributed by atoms with Crippen molar-refractivity contribution in [2.45, 2.75) is 25.8 Å². The third-order valence-electron chi connectivity index (χ3n) is 4.24. The van der Waals surface area contributed by atoms with Gasteiger partial charge in [0.1, 0.15) is 19.0 Å². The molecule has 1 amide bonds. The predicted octanol–water partition coefficient (Wildman–Crippen LogP) is 3.28. The van der Waals surface area contributed by atoms with Crippen LogP contribution in [0, 0.1) is 0 Å². The molecule has 0 saturated heterocycles. The second-order valence-corrected chi connectivity index (χ2v) is 6.04. The van der Waals surface area contributed by atoms with Crippen LogP contribution in [0.5, 0.6) is 17.2 Å². The highest BCUT2D eigenvalue weighted by Crippen LogP contribution is 2.31. The van der Waals surface area contributed by atoms with Gasteiger partial charge in [0.05, 0.1) is 13.2 Å². The molecule has 1 aliphatic rings. The molecule has 1 N–H and O–H groups in total. The highest BCUT2D eigenvalue weighted by atomic mass is 16.6. The first-order valence-corrected chi connectivity index (χ1v) is 8.47. The minimum absolute atomic E-state index is 0.0261. The molecule has 0 aliphatic carbocycles. The van der Waals surface area contributed by atoms with Crippen LogP contribution in [-0.2, 0) is 11.2 Å². The number of rotatable bonds is 6. The molecule has 0 fully saturated rings. The zero-order valence-electron chi connectivity index (χ0n) is 14.6. The first-order valence-electron chi connectivity index (χ1n) is 8.47. The predicted molar refractivity (Wildman–Crippen MR) is 95.3 cm³/mol. The summed E-state index contributed by atoms with van der Waals surface area (Å²) in [5, 5.41) is 3.03. The van der Waals surface area contributed by atoms with Crippen LogP contribution in [0.15, 0.2) is 42.5 Å². The Kier molecular flexibility index (Phi) is 5.43. The van der Waals surface area contributed by atoms with E-state index in [2.05, 4.69) is 5.32 Å². The standard InChI is InChI=1S/C20H23NO4/c1-14(16-5-7-17(23-2)8-6-16)21-20(22)10-4-15-3-9-18-19(13-15)25-12-11-24-18/h3,5-9,13-14H,4,10-12H2,1-2H3,(H,21,22). The lowest BCUT2D eigenvalue weighted by molar-refractivity contribution is -0.121. The molecule has 1 heterocycles. The Morgan fingerprint density at radius 1 is 1.12 bits per heavy atom. The van der Waals surface area contributed by atoms with E-state index in [4.69, 9.17) is 14.2 Å². The Hall–Kier alpha value is -2.69. The number of hydrogen-bond acceptors (Lipinski definition) is 4. The molecule has 0 spiro atoms. The van der Waals surface area contributed by atoms with Gasteiger partial charge in [0.2, 0.25) is 5.91 Å². The number of carbonyl (C=O) groups is 1. The molecule has 1 aliphatic heterocycles. The van der Waals surface area contributed by atoms with E-state index in [0.29, 0.717) is 26.1 Å². The zero-order chi connectivity index (χ0) is 17.6. The Morgan fingerprint density at radius 2 is 1.84 bits per heavy atom. The Labute approximate surface area is 147 Å². The van der Waals surface area contributed by atoms with Gasteiger partial charge in [-0.3, -0.25) is 4.79 Å². The molecule has 3 rings (SSSR count). The number of amides is 1. The average Bonchev–Trinajstić information content (AvgIpc) is 2.66. The smallest absolute Gasteiger partial charge is 0.220 e. The van der Waals surface area contributed by atoms with E-state index in [1.807, 2.05) is 49.4 Å². The number of nitrogens with one attached hydrogen (secondary N) is 1. The van der Waals surface area contributed by atoms with Crippen molar-refractivity contribution in [1.29, 1.82) is 0 Å². The van der Waals surface area contributed by atoms with Crippen molar-refractivity contribution in [3.63, 3.8) is 0 Å². The fraction of sp³-hybridized carbons (Fsp3) is 0.350. The van der Waals surface area contributed by atoms with Crippen molar-refractivity contribution in [3.05, 3.63) is 53.6 Å². The number of ether oxygens (including phenoxy) is 3. The van der Waals surface area contributed by atoms with Crippen molar-refractivity contribution < 1.29 is 19.0 Å². The summed E-state index contributed by atoms with van der Waals surface area (Å²) in [5.41, 5.74) is 2.12. The highest BCUT2D eigenvalue weighted by Gasteiger charge is 2.13. The fourth-order valence-corrected chi connectivity index (χ4v) is 2.79. The largest absolute Gasteiger partial charge is 0.497 e. The summed E-state index contributed by atoms with van der Waals surface area (Å²) in [6, 6.07) is 13.5. The van der Waals surface area contributed by atoms with E-state index in [1.165, 1.54) is 0 Å². The first kappa shape index (κ1) is 17.1. The van der Waals surface area contributed by atoms with Gasteiger partial charge in [-0.25, -0.2) is 0 Å². The van der Waals surface area contributed by atoms with Crippen LogP contribution < -0.4 is 19.5 Å². The van der Waals surface area contributed by atoms with E-state index in [1.54, 1.807) is 7.11 Å². The van der Waals surface area contributed by atoms with Gasteiger partial charge in [0, 0.05) is 6.42 Å². The van der Waals surface area contributed by atoms with Crippen molar-refractivity contribution in [2.75, 3.05) is 20.3 Å².